The van der Waals surface area contributed by atoms with Crippen molar-refractivity contribution in [1.82, 2.24) is 20.1 Å². The Hall–Kier alpha value is -4.17. The fourth-order valence-electron chi connectivity index (χ4n) is 3.64. The number of thioether (sulfide) groups is 1. The summed E-state index contributed by atoms with van der Waals surface area (Å²) in [7, 11) is 0. The van der Waals surface area contributed by atoms with Crippen molar-refractivity contribution in [3.8, 4) is 17.3 Å². The van der Waals surface area contributed by atoms with Crippen LogP contribution in [0.25, 0.3) is 17.3 Å². The van der Waals surface area contributed by atoms with E-state index in [1.807, 2.05) is 47.9 Å². The molecule has 0 atom stereocenters. The second kappa shape index (κ2) is 10.6. The molecule has 2 heterocycles. The number of hydrogen-bond donors (Lipinski definition) is 1. The van der Waals surface area contributed by atoms with E-state index in [1.54, 1.807) is 42.3 Å². The lowest BCUT2D eigenvalue weighted by Crippen LogP contribution is -2.22. The Morgan fingerprint density at radius 2 is 1.67 bits per heavy atom. The van der Waals surface area contributed by atoms with E-state index in [9.17, 15) is 9.18 Å². The summed E-state index contributed by atoms with van der Waals surface area (Å²) in [5.74, 6) is 1.46. The topological polar surface area (TPSA) is 73.0 Å². The van der Waals surface area contributed by atoms with Crippen LogP contribution in [0.15, 0.2) is 101 Å². The van der Waals surface area contributed by atoms with Crippen molar-refractivity contribution in [3.63, 3.8) is 0 Å². The molecule has 180 valence electrons. The van der Waals surface area contributed by atoms with Gasteiger partial charge in [0, 0.05) is 23.5 Å². The van der Waals surface area contributed by atoms with Crippen LogP contribution in [0.2, 0.25) is 0 Å². The fraction of sp³-hybridized carbons (Fsp3) is 0.107. The molecule has 0 saturated carbocycles. The zero-order valence-electron chi connectivity index (χ0n) is 19.5. The number of carbonyl (C=O) groups is 1. The van der Waals surface area contributed by atoms with Crippen LogP contribution < -0.4 is 5.32 Å². The number of amides is 1. The van der Waals surface area contributed by atoms with Crippen molar-refractivity contribution in [2.45, 2.75) is 24.4 Å². The number of halogens is 1. The van der Waals surface area contributed by atoms with Gasteiger partial charge in [-0.1, -0.05) is 53.7 Å². The summed E-state index contributed by atoms with van der Waals surface area (Å²) >= 11 is 1.56. The van der Waals surface area contributed by atoms with Gasteiger partial charge in [-0.05, 0) is 66.6 Å². The number of nitrogens with zero attached hydrogens (tertiary/aromatic N) is 3. The van der Waals surface area contributed by atoms with Gasteiger partial charge in [-0.3, -0.25) is 9.36 Å². The van der Waals surface area contributed by atoms with Crippen LogP contribution in [0.4, 0.5) is 4.39 Å². The first-order chi connectivity index (χ1) is 17.6. The van der Waals surface area contributed by atoms with E-state index in [-0.39, 0.29) is 11.7 Å². The monoisotopic (exact) mass is 498 g/mol. The normalized spacial score (nSPS) is 10.9. The lowest BCUT2D eigenvalue weighted by molar-refractivity contribution is 0.0951. The van der Waals surface area contributed by atoms with Crippen molar-refractivity contribution in [1.29, 1.82) is 0 Å². The van der Waals surface area contributed by atoms with Gasteiger partial charge >= 0.3 is 0 Å². The summed E-state index contributed by atoms with van der Waals surface area (Å²) in [6, 6.07) is 25.4. The molecule has 0 saturated heterocycles. The molecule has 36 heavy (non-hydrogen) atoms. The van der Waals surface area contributed by atoms with Crippen LogP contribution in [0.5, 0.6) is 0 Å². The molecule has 1 N–H and O–H groups in total. The Morgan fingerprint density at radius 1 is 0.944 bits per heavy atom. The molecular formula is C28H23FN4O2S. The van der Waals surface area contributed by atoms with Crippen LogP contribution in [0, 0.1) is 12.7 Å². The first kappa shape index (κ1) is 23.6. The summed E-state index contributed by atoms with van der Waals surface area (Å²) in [5.41, 5.74) is 4.57. The van der Waals surface area contributed by atoms with Gasteiger partial charge in [0.1, 0.15) is 5.82 Å². The molecule has 3 aromatic carbocycles. The van der Waals surface area contributed by atoms with Gasteiger partial charge in [-0.15, -0.1) is 10.2 Å². The maximum atomic E-state index is 13.0. The van der Waals surface area contributed by atoms with E-state index >= 15 is 0 Å². The molecule has 0 spiro atoms. The van der Waals surface area contributed by atoms with E-state index in [2.05, 4.69) is 27.6 Å². The molecule has 0 aliphatic heterocycles. The third-order valence-corrected chi connectivity index (χ3v) is 6.62. The zero-order chi connectivity index (χ0) is 24.9. The summed E-state index contributed by atoms with van der Waals surface area (Å²) in [6.45, 7) is 2.38. The van der Waals surface area contributed by atoms with Crippen LogP contribution in [0.1, 0.15) is 27.0 Å². The fourth-order valence-corrected chi connectivity index (χ4v) is 4.55. The van der Waals surface area contributed by atoms with Gasteiger partial charge in [0.05, 0.1) is 6.26 Å². The summed E-state index contributed by atoms with van der Waals surface area (Å²) in [5, 5.41) is 12.4. The van der Waals surface area contributed by atoms with Gasteiger partial charge in [-0.2, -0.15) is 0 Å². The molecule has 2 aromatic heterocycles. The minimum absolute atomic E-state index is 0.180. The summed E-state index contributed by atoms with van der Waals surface area (Å²) < 4.78 is 20.6. The maximum Gasteiger partial charge on any atom is 0.251 e. The first-order valence-corrected chi connectivity index (χ1v) is 12.4. The van der Waals surface area contributed by atoms with E-state index in [0.29, 0.717) is 29.4 Å². The highest BCUT2D eigenvalue weighted by Gasteiger charge is 2.18. The minimum Gasteiger partial charge on any atom is -0.461 e. The smallest absolute Gasteiger partial charge is 0.251 e. The Bertz CT molecular complexity index is 1450. The Balaban J connectivity index is 1.27. The third-order valence-electron chi connectivity index (χ3n) is 5.62. The second-order valence-corrected chi connectivity index (χ2v) is 9.19. The summed E-state index contributed by atoms with van der Waals surface area (Å²) in [4.78, 5) is 12.5. The van der Waals surface area contributed by atoms with Gasteiger partial charge in [0.2, 0.25) is 5.82 Å². The predicted molar refractivity (Wildman–Crippen MR) is 137 cm³/mol. The Labute approximate surface area is 212 Å². The average Bonchev–Trinajstić information content (AvgIpc) is 3.58. The SMILES string of the molecule is Cc1ccc(-n2c(SCc3ccc(C(=O)NCc4ccc(F)cc4)cc3)nnc2-c2ccco2)cc1. The average molecular weight is 499 g/mol. The van der Waals surface area contributed by atoms with Crippen LogP contribution in [0.3, 0.4) is 0 Å². The maximum absolute atomic E-state index is 13.0. The molecule has 6 nitrogen and oxygen atoms in total. The van der Waals surface area contributed by atoms with Crippen molar-refractivity contribution >= 4 is 17.7 Å². The number of benzene rings is 3. The number of hydrogen-bond acceptors (Lipinski definition) is 5. The van der Waals surface area contributed by atoms with E-state index in [0.717, 1.165) is 22.0 Å². The molecule has 8 heteroatoms. The van der Waals surface area contributed by atoms with Crippen molar-refractivity contribution in [2.75, 3.05) is 0 Å². The van der Waals surface area contributed by atoms with Crippen LogP contribution >= 0.6 is 11.8 Å². The van der Waals surface area contributed by atoms with Gasteiger partial charge in [0.25, 0.3) is 5.91 Å². The van der Waals surface area contributed by atoms with Crippen LogP contribution in [-0.4, -0.2) is 20.7 Å². The molecule has 0 unspecified atom stereocenters. The number of rotatable bonds is 8. The molecule has 0 bridgehead atoms. The van der Waals surface area contributed by atoms with Crippen LogP contribution in [-0.2, 0) is 12.3 Å². The van der Waals surface area contributed by atoms with E-state index < -0.39 is 0 Å². The Kier molecular flexibility index (Phi) is 6.95. The van der Waals surface area contributed by atoms with Crippen molar-refractivity contribution in [2.24, 2.45) is 0 Å². The standard InChI is InChI=1S/C28H23FN4O2S/c1-19-4-14-24(15-5-19)33-26(25-3-2-16-35-25)31-32-28(33)36-18-21-6-10-22(11-7-21)27(34)30-17-20-8-12-23(29)13-9-20/h2-16H,17-18H2,1H3,(H,30,34). The largest absolute Gasteiger partial charge is 0.461 e. The molecule has 0 fully saturated rings. The molecule has 0 radical (unpaired) electrons. The molecule has 5 aromatic rings. The highest BCUT2D eigenvalue weighted by atomic mass is 32.2. The Morgan fingerprint density at radius 3 is 2.36 bits per heavy atom. The number of aromatic nitrogens is 3. The first-order valence-electron chi connectivity index (χ1n) is 11.4. The molecular weight excluding hydrogens is 475 g/mol. The molecule has 5 rings (SSSR count). The second-order valence-electron chi connectivity index (χ2n) is 8.25. The van der Waals surface area contributed by atoms with E-state index in [4.69, 9.17) is 4.42 Å². The van der Waals surface area contributed by atoms with Gasteiger partial charge < -0.3 is 9.73 Å². The number of furan rings is 1. The zero-order valence-corrected chi connectivity index (χ0v) is 20.3. The summed E-state index contributed by atoms with van der Waals surface area (Å²) in [6.07, 6.45) is 1.62. The lowest BCUT2D eigenvalue weighted by Gasteiger charge is -2.10. The third kappa shape index (κ3) is 5.39. The number of carbonyl (C=O) groups excluding carboxylic acids is 1. The predicted octanol–water partition coefficient (Wildman–Crippen LogP) is 6.20. The quantitative estimate of drug-likeness (QED) is 0.258. The molecule has 0 aliphatic rings. The van der Waals surface area contributed by atoms with Gasteiger partial charge in [0.15, 0.2) is 10.9 Å². The van der Waals surface area contributed by atoms with Gasteiger partial charge in [-0.25, -0.2) is 4.39 Å². The highest BCUT2D eigenvalue weighted by molar-refractivity contribution is 7.98. The highest BCUT2D eigenvalue weighted by Crippen LogP contribution is 2.30. The van der Waals surface area contributed by atoms with E-state index in [1.165, 1.54) is 17.7 Å². The molecule has 0 aliphatic carbocycles. The van der Waals surface area contributed by atoms with Crippen molar-refractivity contribution < 1.29 is 13.6 Å². The van der Waals surface area contributed by atoms with Crippen molar-refractivity contribution in [3.05, 3.63) is 119 Å². The molecule has 1 amide bonds. The minimum atomic E-state index is -0.298. The number of aryl methyl sites for hydroxylation is 1. The lowest BCUT2D eigenvalue weighted by atomic mass is 10.1. The number of nitrogens with one attached hydrogen (secondary N) is 1.